The van der Waals surface area contributed by atoms with Crippen LogP contribution in [0.4, 0.5) is 16.2 Å². The predicted octanol–water partition coefficient (Wildman–Crippen LogP) is 6.27. The summed E-state index contributed by atoms with van der Waals surface area (Å²) in [4.78, 5) is 26.5. The first-order valence-corrected chi connectivity index (χ1v) is 12.1. The molecule has 0 spiro atoms. The summed E-state index contributed by atoms with van der Waals surface area (Å²) in [5.74, 6) is -0.268. The summed E-state index contributed by atoms with van der Waals surface area (Å²) in [5, 5.41) is 8.88. The highest BCUT2D eigenvalue weighted by Gasteiger charge is 2.23. The van der Waals surface area contributed by atoms with Crippen molar-refractivity contribution in [1.82, 2.24) is 5.32 Å². The normalized spacial score (nSPS) is 11.4. The number of urea groups is 1. The number of hydrogen-bond acceptors (Lipinski definition) is 2. The molecule has 0 radical (unpaired) electrons. The second-order valence-electron chi connectivity index (χ2n) is 8.92. The van der Waals surface area contributed by atoms with Crippen LogP contribution in [0, 0.1) is 13.8 Å². The molecule has 4 rings (SSSR count). The number of hydrogen-bond donors (Lipinski definition) is 3. The lowest BCUT2D eigenvalue weighted by Crippen LogP contribution is -2.47. The van der Waals surface area contributed by atoms with Gasteiger partial charge in [-0.05, 0) is 54.2 Å². The third-order valence-corrected chi connectivity index (χ3v) is 6.14. The maximum Gasteiger partial charge on any atom is 0.319 e. The Labute approximate surface area is 212 Å². The lowest BCUT2D eigenvalue weighted by molar-refractivity contribution is -0.117. The number of benzene rings is 4. The van der Waals surface area contributed by atoms with Gasteiger partial charge in [0, 0.05) is 17.8 Å². The van der Waals surface area contributed by atoms with Gasteiger partial charge in [-0.25, -0.2) is 4.79 Å². The molecule has 5 heteroatoms. The Balaban J connectivity index is 1.53. The van der Waals surface area contributed by atoms with Crippen molar-refractivity contribution in [2.75, 3.05) is 10.6 Å². The lowest BCUT2D eigenvalue weighted by atomic mass is 10.0. The molecule has 0 bridgehead atoms. The van der Waals surface area contributed by atoms with E-state index < -0.39 is 12.1 Å². The molecule has 4 aromatic rings. The van der Waals surface area contributed by atoms with Gasteiger partial charge < -0.3 is 16.0 Å². The number of aryl methyl sites for hydroxylation is 2. The Morgan fingerprint density at radius 1 is 0.667 bits per heavy atom. The molecule has 5 nitrogen and oxygen atoms in total. The van der Waals surface area contributed by atoms with Crippen LogP contribution in [-0.4, -0.2) is 18.0 Å². The van der Waals surface area contributed by atoms with Crippen molar-refractivity contribution in [1.29, 1.82) is 0 Å². The van der Waals surface area contributed by atoms with Crippen LogP contribution in [0.2, 0.25) is 0 Å². The number of nitrogens with one attached hydrogen (secondary N) is 3. The molecule has 0 aliphatic rings. The Morgan fingerprint density at radius 3 is 1.92 bits per heavy atom. The van der Waals surface area contributed by atoms with Gasteiger partial charge in [0.2, 0.25) is 5.91 Å². The maximum atomic E-state index is 13.5. The van der Waals surface area contributed by atoms with Crippen molar-refractivity contribution < 1.29 is 9.59 Å². The summed E-state index contributed by atoms with van der Waals surface area (Å²) >= 11 is 0. The Kier molecular flexibility index (Phi) is 8.14. The molecule has 36 heavy (non-hydrogen) atoms. The molecule has 1 atom stereocenters. The quantitative estimate of drug-likeness (QED) is 0.280. The van der Waals surface area contributed by atoms with Gasteiger partial charge >= 0.3 is 6.03 Å². The predicted molar refractivity (Wildman–Crippen MR) is 146 cm³/mol. The summed E-state index contributed by atoms with van der Waals surface area (Å²) in [7, 11) is 0. The van der Waals surface area contributed by atoms with E-state index in [1.54, 1.807) is 0 Å². The zero-order valence-corrected chi connectivity index (χ0v) is 20.6. The molecule has 0 saturated heterocycles. The van der Waals surface area contributed by atoms with E-state index in [1.807, 2.05) is 105 Å². The van der Waals surface area contributed by atoms with Crippen LogP contribution in [0.1, 0.15) is 27.8 Å². The zero-order valence-electron chi connectivity index (χ0n) is 20.6. The minimum atomic E-state index is -0.762. The van der Waals surface area contributed by atoms with Crippen molar-refractivity contribution in [2.45, 2.75) is 32.7 Å². The van der Waals surface area contributed by atoms with Gasteiger partial charge in [0.25, 0.3) is 0 Å². The van der Waals surface area contributed by atoms with E-state index in [9.17, 15) is 9.59 Å². The first-order valence-electron chi connectivity index (χ1n) is 12.1. The van der Waals surface area contributed by atoms with E-state index in [-0.39, 0.29) is 5.91 Å². The molecule has 0 aliphatic heterocycles. The third-order valence-electron chi connectivity index (χ3n) is 6.14. The average molecular weight is 478 g/mol. The van der Waals surface area contributed by atoms with Crippen molar-refractivity contribution in [2.24, 2.45) is 0 Å². The number of rotatable bonds is 8. The zero-order chi connectivity index (χ0) is 25.3. The molecule has 0 heterocycles. The second-order valence-corrected chi connectivity index (χ2v) is 8.92. The second kappa shape index (κ2) is 11.8. The van der Waals surface area contributed by atoms with E-state index in [0.717, 1.165) is 39.2 Å². The summed E-state index contributed by atoms with van der Waals surface area (Å²) in [6.07, 6.45) is 1.06. The molecule has 1 unspecified atom stereocenters. The highest BCUT2D eigenvalue weighted by molar-refractivity contribution is 6.00. The van der Waals surface area contributed by atoms with Gasteiger partial charge in [-0.3, -0.25) is 4.79 Å². The number of anilines is 2. The fraction of sp³-hybridized carbons (Fsp3) is 0.161. The van der Waals surface area contributed by atoms with Gasteiger partial charge in [-0.2, -0.15) is 0 Å². The van der Waals surface area contributed by atoms with Crippen molar-refractivity contribution in [3.63, 3.8) is 0 Å². The van der Waals surface area contributed by atoms with Crippen LogP contribution in [0.5, 0.6) is 0 Å². The molecule has 0 aliphatic carbocycles. The Hall–Kier alpha value is -4.38. The molecule has 0 saturated carbocycles. The Bertz CT molecular complexity index is 1300. The SMILES string of the molecule is Cc1cccc(C)c1NC(=O)NC(Cc1ccccc1)C(=O)Nc1ccccc1Cc1ccccc1. The molecule has 3 N–H and O–H groups in total. The maximum absolute atomic E-state index is 13.5. The number of carbonyl (C=O) groups excluding carboxylic acids is 2. The van der Waals surface area contributed by atoms with E-state index in [0.29, 0.717) is 12.8 Å². The van der Waals surface area contributed by atoms with Crippen LogP contribution in [0.15, 0.2) is 103 Å². The number of para-hydroxylation sites is 2. The van der Waals surface area contributed by atoms with Crippen molar-refractivity contribution in [3.8, 4) is 0 Å². The van der Waals surface area contributed by atoms with Crippen LogP contribution in [0.3, 0.4) is 0 Å². The molecular formula is C31H31N3O2. The van der Waals surface area contributed by atoms with Gasteiger partial charge in [0.15, 0.2) is 0 Å². The lowest BCUT2D eigenvalue weighted by Gasteiger charge is -2.21. The first-order chi connectivity index (χ1) is 17.5. The fourth-order valence-corrected chi connectivity index (χ4v) is 4.21. The van der Waals surface area contributed by atoms with Crippen LogP contribution < -0.4 is 16.0 Å². The molecule has 3 amide bonds. The number of carbonyl (C=O) groups is 2. The summed E-state index contributed by atoms with van der Waals surface area (Å²) in [6, 6.07) is 32.2. The molecule has 4 aromatic carbocycles. The van der Waals surface area contributed by atoms with E-state index >= 15 is 0 Å². The third kappa shape index (κ3) is 6.60. The fourth-order valence-electron chi connectivity index (χ4n) is 4.21. The molecular weight excluding hydrogens is 446 g/mol. The van der Waals surface area contributed by atoms with Crippen LogP contribution in [-0.2, 0) is 17.6 Å². The molecule has 182 valence electrons. The van der Waals surface area contributed by atoms with Crippen molar-refractivity contribution >= 4 is 23.3 Å². The highest BCUT2D eigenvalue weighted by Crippen LogP contribution is 2.21. The first kappa shape index (κ1) is 24.7. The van der Waals surface area contributed by atoms with Gasteiger partial charge in [0.05, 0.1) is 0 Å². The number of amides is 3. The topological polar surface area (TPSA) is 70.2 Å². The van der Waals surface area contributed by atoms with Crippen molar-refractivity contribution in [3.05, 3.63) is 131 Å². The van der Waals surface area contributed by atoms with Gasteiger partial charge in [0.1, 0.15) is 6.04 Å². The minimum Gasteiger partial charge on any atom is -0.326 e. The average Bonchev–Trinajstić information content (AvgIpc) is 2.88. The standard InChI is InChI=1S/C31H31N3O2/c1-22-12-11-13-23(2)29(22)34-31(36)33-28(21-25-16-7-4-8-17-25)30(35)32-27-19-10-9-18-26(27)20-24-14-5-3-6-15-24/h3-19,28H,20-21H2,1-2H3,(H,32,35)(H2,33,34,36). The molecule has 0 aromatic heterocycles. The largest absolute Gasteiger partial charge is 0.326 e. The summed E-state index contributed by atoms with van der Waals surface area (Å²) in [6.45, 7) is 3.89. The minimum absolute atomic E-state index is 0.268. The van der Waals surface area contributed by atoms with E-state index in [1.165, 1.54) is 0 Å². The molecule has 0 fully saturated rings. The van der Waals surface area contributed by atoms with Crippen LogP contribution >= 0.6 is 0 Å². The summed E-state index contributed by atoms with van der Waals surface area (Å²) in [5.41, 5.74) is 6.54. The highest BCUT2D eigenvalue weighted by atomic mass is 16.2. The monoisotopic (exact) mass is 477 g/mol. The van der Waals surface area contributed by atoms with Gasteiger partial charge in [-0.15, -0.1) is 0 Å². The van der Waals surface area contributed by atoms with Gasteiger partial charge in [-0.1, -0.05) is 97.1 Å². The smallest absolute Gasteiger partial charge is 0.319 e. The van der Waals surface area contributed by atoms with E-state index in [2.05, 4.69) is 28.1 Å². The van der Waals surface area contributed by atoms with E-state index in [4.69, 9.17) is 0 Å². The summed E-state index contributed by atoms with van der Waals surface area (Å²) < 4.78 is 0. The van der Waals surface area contributed by atoms with Crippen LogP contribution in [0.25, 0.3) is 0 Å². The Morgan fingerprint density at radius 2 is 1.25 bits per heavy atom.